The molecule has 0 radical (unpaired) electrons. The van der Waals surface area contributed by atoms with Crippen LogP contribution in [0.4, 0.5) is 24.5 Å². The van der Waals surface area contributed by atoms with Crippen LogP contribution in [0.3, 0.4) is 0 Å². The third kappa shape index (κ3) is 4.72. The number of hydrogen-bond donors (Lipinski definition) is 2. The van der Waals surface area contributed by atoms with Crippen molar-refractivity contribution in [2.24, 2.45) is 0 Å². The van der Waals surface area contributed by atoms with Crippen molar-refractivity contribution in [1.82, 2.24) is 19.7 Å². The molecular formula is C21H19F3N6OS. The van der Waals surface area contributed by atoms with Gasteiger partial charge in [-0.1, -0.05) is 13.8 Å². The first-order valence-corrected chi connectivity index (χ1v) is 10.5. The minimum Gasteiger partial charge on any atom is -0.376 e. The van der Waals surface area contributed by atoms with Crippen LogP contribution in [0, 0.1) is 0 Å². The maximum atomic E-state index is 13.2. The van der Waals surface area contributed by atoms with Crippen LogP contribution in [0.5, 0.6) is 0 Å². The Bertz CT molecular complexity index is 1250. The van der Waals surface area contributed by atoms with Gasteiger partial charge in [-0.3, -0.25) is 4.79 Å². The van der Waals surface area contributed by atoms with E-state index in [0.29, 0.717) is 11.6 Å². The summed E-state index contributed by atoms with van der Waals surface area (Å²) in [6.07, 6.45) is -1.95. The summed E-state index contributed by atoms with van der Waals surface area (Å²) >= 11 is 1.59. The molecule has 0 saturated carbocycles. The Kier molecular flexibility index (Phi) is 5.83. The number of fused-ring (bicyclic) bond motifs is 1. The molecule has 32 heavy (non-hydrogen) atoms. The van der Waals surface area contributed by atoms with Crippen LogP contribution in [0.15, 0.2) is 49.1 Å². The molecule has 2 aromatic heterocycles. The highest BCUT2D eigenvalue weighted by molar-refractivity contribution is 7.18. The van der Waals surface area contributed by atoms with E-state index in [2.05, 4.69) is 39.5 Å². The molecular weight excluding hydrogens is 441 g/mol. The molecule has 0 aliphatic heterocycles. The second-order valence-corrected chi connectivity index (χ2v) is 8.42. The van der Waals surface area contributed by atoms with Gasteiger partial charge in [-0.2, -0.15) is 18.3 Å². The second-order valence-electron chi connectivity index (χ2n) is 7.36. The average Bonchev–Trinajstić information content (AvgIpc) is 3.41. The standard InChI is InChI=1S/C21H19F3N6OS/c1-12(2)20-29-15-5-4-14(8-18(15)32-20)26-9-19(31)28-16-7-13(21(22,23)24)3-6-17(16)30-11-25-10-27-30/h3-8,10-12,26H,9H2,1-2H3,(H,28,31). The number of carbonyl (C=O) groups excluding carboxylic acids is 1. The predicted octanol–water partition coefficient (Wildman–Crippen LogP) is 5.07. The van der Waals surface area contributed by atoms with Crippen molar-refractivity contribution in [3.8, 4) is 5.69 Å². The van der Waals surface area contributed by atoms with Gasteiger partial charge in [0.25, 0.3) is 0 Å². The second kappa shape index (κ2) is 8.58. The van der Waals surface area contributed by atoms with Gasteiger partial charge in [0.15, 0.2) is 0 Å². The fourth-order valence-corrected chi connectivity index (χ4v) is 4.03. The summed E-state index contributed by atoms with van der Waals surface area (Å²) in [6, 6.07) is 8.63. The van der Waals surface area contributed by atoms with Crippen LogP contribution in [-0.4, -0.2) is 32.2 Å². The number of halogens is 3. The lowest BCUT2D eigenvalue weighted by Gasteiger charge is -2.15. The van der Waals surface area contributed by atoms with Gasteiger partial charge >= 0.3 is 6.18 Å². The number of alkyl halides is 3. The first-order valence-electron chi connectivity index (χ1n) is 9.71. The minimum absolute atomic E-state index is 0.0170. The minimum atomic E-state index is -4.54. The largest absolute Gasteiger partial charge is 0.416 e. The molecule has 2 N–H and O–H groups in total. The van der Waals surface area contributed by atoms with Crippen molar-refractivity contribution < 1.29 is 18.0 Å². The van der Waals surface area contributed by atoms with E-state index >= 15 is 0 Å². The van der Waals surface area contributed by atoms with Gasteiger partial charge in [-0.15, -0.1) is 11.3 Å². The Labute approximate surface area is 185 Å². The van der Waals surface area contributed by atoms with Crippen molar-refractivity contribution in [3.05, 3.63) is 59.6 Å². The summed E-state index contributed by atoms with van der Waals surface area (Å²) in [5.41, 5.74) is 0.983. The quantitative estimate of drug-likeness (QED) is 0.420. The molecule has 0 spiro atoms. The zero-order chi connectivity index (χ0) is 22.9. The number of nitrogens with one attached hydrogen (secondary N) is 2. The molecule has 1 amide bonds. The van der Waals surface area contributed by atoms with E-state index in [1.54, 1.807) is 11.3 Å². The number of hydrogen-bond acceptors (Lipinski definition) is 6. The third-order valence-corrected chi connectivity index (χ3v) is 5.93. The number of amides is 1. The van der Waals surface area contributed by atoms with Crippen molar-refractivity contribution in [3.63, 3.8) is 0 Å². The van der Waals surface area contributed by atoms with Gasteiger partial charge in [0.2, 0.25) is 5.91 Å². The van der Waals surface area contributed by atoms with E-state index in [4.69, 9.17) is 0 Å². The summed E-state index contributed by atoms with van der Waals surface area (Å²) in [4.78, 5) is 20.9. The fraction of sp³-hybridized carbons (Fsp3) is 0.238. The number of rotatable bonds is 6. The number of nitrogens with zero attached hydrogens (tertiary/aromatic N) is 4. The molecule has 0 unspecified atom stereocenters. The highest BCUT2D eigenvalue weighted by atomic mass is 32.1. The van der Waals surface area contributed by atoms with Crippen LogP contribution in [0.2, 0.25) is 0 Å². The lowest BCUT2D eigenvalue weighted by molar-refractivity contribution is -0.137. The van der Waals surface area contributed by atoms with Crippen molar-refractivity contribution in [2.45, 2.75) is 25.9 Å². The highest BCUT2D eigenvalue weighted by Crippen LogP contribution is 2.33. The van der Waals surface area contributed by atoms with Crippen LogP contribution >= 0.6 is 11.3 Å². The third-order valence-electron chi connectivity index (χ3n) is 4.62. The molecule has 7 nitrogen and oxygen atoms in total. The Hall–Kier alpha value is -3.47. The fourth-order valence-electron chi connectivity index (χ4n) is 3.02. The Morgan fingerprint density at radius 3 is 2.69 bits per heavy atom. The zero-order valence-electron chi connectivity index (χ0n) is 17.1. The lowest BCUT2D eigenvalue weighted by Crippen LogP contribution is -2.23. The van der Waals surface area contributed by atoms with Gasteiger partial charge in [0.1, 0.15) is 12.7 Å². The Morgan fingerprint density at radius 1 is 1.19 bits per heavy atom. The average molecular weight is 460 g/mol. The number of benzene rings is 2. The maximum Gasteiger partial charge on any atom is 0.416 e. The van der Waals surface area contributed by atoms with Crippen LogP contribution in [0.1, 0.15) is 30.3 Å². The monoisotopic (exact) mass is 460 g/mol. The predicted molar refractivity (Wildman–Crippen MR) is 117 cm³/mol. The Balaban J connectivity index is 1.50. The molecule has 2 aromatic carbocycles. The van der Waals surface area contributed by atoms with Crippen LogP contribution < -0.4 is 10.6 Å². The highest BCUT2D eigenvalue weighted by Gasteiger charge is 2.31. The first kappa shape index (κ1) is 21.8. The molecule has 0 fully saturated rings. The van der Waals surface area contributed by atoms with Gasteiger partial charge in [0.05, 0.1) is 38.7 Å². The van der Waals surface area contributed by atoms with E-state index in [0.717, 1.165) is 27.4 Å². The maximum absolute atomic E-state index is 13.2. The molecule has 4 rings (SSSR count). The number of aromatic nitrogens is 4. The summed E-state index contributed by atoms with van der Waals surface area (Å²) in [5, 5.41) is 10.5. The van der Waals surface area contributed by atoms with Crippen LogP contribution in [-0.2, 0) is 11.0 Å². The summed E-state index contributed by atoms with van der Waals surface area (Å²) in [7, 11) is 0. The van der Waals surface area contributed by atoms with E-state index in [9.17, 15) is 18.0 Å². The van der Waals surface area contributed by atoms with E-state index in [-0.39, 0.29) is 17.9 Å². The van der Waals surface area contributed by atoms with E-state index < -0.39 is 17.6 Å². The van der Waals surface area contributed by atoms with Crippen molar-refractivity contribution in [2.75, 3.05) is 17.2 Å². The van der Waals surface area contributed by atoms with E-state index in [1.165, 1.54) is 23.4 Å². The zero-order valence-corrected chi connectivity index (χ0v) is 18.0. The number of thiazole rings is 1. The summed E-state index contributed by atoms with van der Waals surface area (Å²) in [5.74, 6) is -0.181. The molecule has 0 aliphatic rings. The van der Waals surface area contributed by atoms with Crippen molar-refractivity contribution >= 4 is 38.8 Å². The van der Waals surface area contributed by atoms with Gasteiger partial charge in [0, 0.05) is 11.6 Å². The summed E-state index contributed by atoms with van der Waals surface area (Å²) < 4.78 is 41.8. The molecule has 2 heterocycles. The van der Waals surface area contributed by atoms with Gasteiger partial charge < -0.3 is 10.6 Å². The SMILES string of the molecule is CC(C)c1nc2ccc(NCC(=O)Nc3cc(C(F)(F)F)ccc3-n3cncn3)cc2s1. The smallest absolute Gasteiger partial charge is 0.376 e. The molecule has 0 aliphatic carbocycles. The molecule has 4 aromatic rings. The molecule has 0 bridgehead atoms. The first-order chi connectivity index (χ1) is 15.2. The molecule has 11 heteroatoms. The molecule has 0 atom stereocenters. The lowest BCUT2D eigenvalue weighted by atomic mass is 10.1. The summed E-state index contributed by atoms with van der Waals surface area (Å²) in [6.45, 7) is 4.01. The van der Waals surface area contributed by atoms with Gasteiger partial charge in [-0.25, -0.2) is 14.6 Å². The number of anilines is 2. The van der Waals surface area contributed by atoms with E-state index in [1.807, 2.05) is 18.2 Å². The normalized spacial score (nSPS) is 11.8. The number of carbonyl (C=O) groups is 1. The van der Waals surface area contributed by atoms with Crippen molar-refractivity contribution in [1.29, 1.82) is 0 Å². The van der Waals surface area contributed by atoms with Gasteiger partial charge in [-0.05, 0) is 36.4 Å². The topological polar surface area (TPSA) is 84.7 Å². The molecule has 166 valence electrons. The Morgan fingerprint density at radius 2 is 2.00 bits per heavy atom. The van der Waals surface area contributed by atoms with Crippen LogP contribution in [0.25, 0.3) is 15.9 Å². The molecule has 0 saturated heterocycles.